The van der Waals surface area contributed by atoms with E-state index in [1.807, 2.05) is 25.1 Å². The van der Waals surface area contributed by atoms with Crippen molar-refractivity contribution in [1.82, 2.24) is 0 Å². The molecule has 0 aliphatic heterocycles. The molecular weight excluding hydrogens is 358 g/mol. The van der Waals surface area contributed by atoms with Gasteiger partial charge in [0.25, 0.3) is 0 Å². The number of hydrogen-bond acceptors (Lipinski definition) is 4. The van der Waals surface area contributed by atoms with Crippen LogP contribution in [-0.2, 0) is 0 Å². The third-order valence-corrected chi connectivity index (χ3v) is 5.10. The van der Waals surface area contributed by atoms with Crippen molar-refractivity contribution in [2.45, 2.75) is 13.2 Å². The van der Waals surface area contributed by atoms with Crippen molar-refractivity contribution < 1.29 is 15.0 Å². The Labute approximate surface area is 154 Å². The molecular formula is C19H16ClNO3S. The van der Waals surface area contributed by atoms with Crippen LogP contribution >= 0.6 is 22.9 Å². The quantitative estimate of drug-likeness (QED) is 0.539. The number of anilines is 1. The first-order valence-electron chi connectivity index (χ1n) is 7.59. The van der Waals surface area contributed by atoms with Crippen LogP contribution in [0.15, 0.2) is 54.6 Å². The van der Waals surface area contributed by atoms with E-state index in [1.54, 1.807) is 36.4 Å². The molecule has 1 unspecified atom stereocenters. The van der Waals surface area contributed by atoms with E-state index >= 15 is 0 Å². The first-order chi connectivity index (χ1) is 12.0. The molecule has 0 radical (unpaired) electrons. The second-order valence-electron chi connectivity index (χ2n) is 5.51. The van der Waals surface area contributed by atoms with Gasteiger partial charge in [0.2, 0.25) is 0 Å². The van der Waals surface area contributed by atoms with Crippen molar-refractivity contribution >= 4 is 33.9 Å². The summed E-state index contributed by atoms with van der Waals surface area (Å²) >= 11 is 7.23. The smallest absolute Gasteiger partial charge is 0.339 e. The topological polar surface area (TPSA) is 69.6 Å². The molecule has 0 bridgehead atoms. The molecule has 2 aromatic carbocycles. The second-order valence-corrected chi connectivity index (χ2v) is 7.17. The van der Waals surface area contributed by atoms with Crippen molar-refractivity contribution in [3.63, 3.8) is 0 Å². The number of aryl methyl sites for hydroxylation is 1. The van der Waals surface area contributed by atoms with Gasteiger partial charge in [-0.15, -0.1) is 11.3 Å². The minimum atomic E-state index is -1.04. The van der Waals surface area contributed by atoms with Crippen molar-refractivity contribution in [2.24, 2.45) is 0 Å². The van der Waals surface area contributed by atoms with Gasteiger partial charge in [-0.1, -0.05) is 54.1 Å². The summed E-state index contributed by atoms with van der Waals surface area (Å²) in [6.07, 6.45) is -0.990. The number of rotatable bonds is 5. The van der Waals surface area contributed by atoms with Crippen LogP contribution in [-0.4, -0.2) is 16.2 Å². The summed E-state index contributed by atoms with van der Waals surface area (Å²) in [6.45, 7) is 1.86. The first-order valence-corrected chi connectivity index (χ1v) is 8.79. The van der Waals surface area contributed by atoms with E-state index in [2.05, 4.69) is 5.32 Å². The van der Waals surface area contributed by atoms with Gasteiger partial charge in [-0.25, -0.2) is 4.79 Å². The van der Waals surface area contributed by atoms with Crippen molar-refractivity contribution in [3.05, 3.63) is 75.6 Å². The third kappa shape index (κ3) is 3.69. The number of aliphatic hydroxyl groups excluding tert-OH is 1. The lowest BCUT2D eigenvalue weighted by Gasteiger charge is -2.14. The van der Waals surface area contributed by atoms with Gasteiger partial charge in [0.1, 0.15) is 10.6 Å². The molecule has 3 N–H and O–H groups in total. The number of aliphatic hydroxyl groups is 1. The molecule has 0 spiro atoms. The molecule has 0 fully saturated rings. The lowest BCUT2D eigenvalue weighted by Crippen LogP contribution is -2.11. The summed E-state index contributed by atoms with van der Waals surface area (Å²) in [5, 5.41) is 24.0. The monoisotopic (exact) mass is 373 g/mol. The van der Waals surface area contributed by atoms with Crippen LogP contribution < -0.4 is 5.32 Å². The van der Waals surface area contributed by atoms with Gasteiger partial charge >= 0.3 is 5.97 Å². The fourth-order valence-electron chi connectivity index (χ4n) is 2.66. The van der Waals surface area contributed by atoms with E-state index < -0.39 is 12.2 Å². The zero-order valence-electron chi connectivity index (χ0n) is 13.4. The van der Waals surface area contributed by atoms with Gasteiger partial charge in [-0.2, -0.15) is 0 Å². The number of halogens is 1. The number of aromatic carboxylic acids is 1. The summed E-state index contributed by atoms with van der Waals surface area (Å²) in [5.41, 5.74) is 2.23. The maximum atomic E-state index is 11.9. The van der Waals surface area contributed by atoms with Crippen LogP contribution in [0.2, 0.25) is 5.02 Å². The minimum Gasteiger partial charge on any atom is -0.478 e. The van der Waals surface area contributed by atoms with Crippen molar-refractivity contribution in [2.75, 3.05) is 5.32 Å². The van der Waals surface area contributed by atoms with E-state index in [4.69, 9.17) is 11.6 Å². The van der Waals surface area contributed by atoms with Crippen molar-refractivity contribution in [1.29, 1.82) is 0 Å². The lowest BCUT2D eigenvalue weighted by molar-refractivity contribution is 0.0699. The SMILES string of the molecule is Cc1sc(NC(O)c2ccccc2)c(C(=O)O)c1-c1ccc(Cl)cc1. The number of hydrogen-bond donors (Lipinski definition) is 3. The summed E-state index contributed by atoms with van der Waals surface area (Å²) < 4.78 is 0. The fourth-order valence-corrected chi connectivity index (χ4v) is 3.87. The molecule has 0 aliphatic rings. The van der Waals surface area contributed by atoms with E-state index in [0.29, 0.717) is 21.2 Å². The molecule has 4 nitrogen and oxygen atoms in total. The van der Waals surface area contributed by atoms with Gasteiger partial charge in [0.05, 0.1) is 0 Å². The van der Waals surface area contributed by atoms with Gasteiger partial charge in [-0.3, -0.25) is 0 Å². The molecule has 0 aliphatic carbocycles. The predicted octanol–water partition coefficient (Wildman–Crippen LogP) is 5.18. The predicted molar refractivity (Wildman–Crippen MR) is 101 cm³/mol. The minimum absolute atomic E-state index is 0.153. The highest BCUT2D eigenvalue weighted by molar-refractivity contribution is 7.17. The molecule has 1 atom stereocenters. The maximum absolute atomic E-state index is 11.9. The highest BCUT2D eigenvalue weighted by atomic mass is 35.5. The van der Waals surface area contributed by atoms with Crippen LogP contribution in [0.1, 0.15) is 27.0 Å². The maximum Gasteiger partial charge on any atom is 0.339 e. The van der Waals surface area contributed by atoms with Gasteiger partial charge in [-0.05, 0) is 24.6 Å². The Balaban J connectivity index is 2.02. The molecule has 6 heteroatoms. The van der Waals surface area contributed by atoms with E-state index in [1.165, 1.54) is 11.3 Å². The van der Waals surface area contributed by atoms with Crippen LogP contribution in [0.5, 0.6) is 0 Å². The van der Waals surface area contributed by atoms with Gasteiger partial charge in [0.15, 0.2) is 6.23 Å². The zero-order valence-corrected chi connectivity index (χ0v) is 14.9. The molecule has 0 saturated carbocycles. The average Bonchev–Trinajstić information content (AvgIpc) is 2.92. The highest BCUT2D eigenvalue weighted by Crippen LogP contribution is 2.41. The van der Waals surface area contributed by atoms with E-state index in [9.17, 15) is 15.0 Å². The normalized spacial score (nSPS) is 12.0. The summed E-state index contributed by atoms with van der Waals surface area (Å²) in [5.74, 6) is -1.04. The summed E-state index contributed by atoms with van der Waals surface area (Å²) in [6, 6.07) is 16.1. The molecule has 128 valence electrons. The molecule has 25 heavy (non-hydrogen) atoms. The molecule has 0 saturated heterocycles. The zero-order chi connectivity index (χ0) is 18.0. The highest BCUT2D eigenvalue weighted by Gasteiger charge is 2.24. The Hall–Kier alpha value is -2.34. The van der Waals surface area contributed by atoms with E-state index in [-0.39, 0.29) is 5.56 Å². The number of carbonyl (C=O) groups is 1. The number of benzene rings is 2. The molecule has 3 aromatic rings. The molecule has 0 amide bonds. The number of nitrogens with one attached hydrogen (secondary N) is 1. The Bertz CT molecular complexity index is 891. The Morgan fingerprint density at radius 2 is 1.76 bits per heavy atom. The second kappa shape index (κ2) is 7.27. The molecule has 3 rings (SSSR count). The molecule has 1 aromatic heterocycles. The largest absolute Gasteiger partial charge is 0.478 e. The van der Waals surface area contributed by atoms with Crippen LogP contribution in [0.4, 0.5) is 5.00 Å². The first kappa shape index (κ1) is 17.5. The summed E-state index contributed by atoms with van der Waals surface area (Å²) in [4.78, 5) is 12.7. The number of carboxylic acid groups (broad SMARTS) is 1. The fraction of sp³-hybridized carbons (Fsp3) is 0.105. The molecule has 1 heterocycles. The van der Waals surface area contributed by atoms with Crippen molar-refractivity contribution in [3.8, 4) is 11.1 Å². The standard InChI is InChI=1S/C19H16ClNO3S/c1-11-15(12-7-9-14(20)10-8-12)16(19(23)24)18(25-11)21-17(22)13-5-3-2-4-6-13/h2-10,17,21-22H,1H3,(H,23,24). The van der Waals surface area contributed by atoms with Crippen LogP contribution in [0.3, 0.4) is 0 Å². The number of thiophene rings is 1. The number of carboxylic acids is 1. The average molecular weight is 374 g/mol. The van der Waals surface area contributed by atoms with Gasteiger partial charge in [0, 0.05) is 21.0 Å². The Kier molecular flexibility index (Phi) is 5.08. The van der Waals surface area contributed by atoms with Crippen LogP contribution in [0.25, 0.3) is 11.1 Å². The lowest BCUT2D eigenvalue weighted by atomic mass is 10.0. The van der Waals surface area contributed by atoms with Crippen LogP contribution in [0, 0.1) is 6.92 Å². The Morgan fingerprint density at radius 3 is 2.36 bits per heavy atom. The third-order valence-electron chi connectivity index (χ3n) is 3.81. The Morgan fingerprint density at radius 1 is 1.12 bits per heavy atom. The van der Waals surface area contributed by atoms with Gasteiger partial charge < -0.3 is 15.5 Å². The van der Waals surface area contributed by atoms with E-state index in [0.717, 1.165) is 10.4 Å². The summed E-state index contributed by atoms with van der Waals surface area (Å²) in [7, 11) is 0.